The lowest BCUT2D eigenvalue weighted by Gasteiger charge is -2.35. The van der Waals surface area contributed by atoms with Crippen molar-refractivity contribution in [1.29, 1.82) is 0 Å². The molecule has 9 amide bonds. The summed E-state index contributed by atoms with van der Waals surface area (Å²) in [5, 5.41) is 63.5. The zero-order chi connectivity index (χ0) is 58.7. The quantitative estimate of drug-likeness (QED) is 0.0661. The van der Waals surface area contributed by atoms with Crippen LogP contribution in [0.1, 0.15) is 98.5 Å². The smallest absolute Gasteiger partial charge is 0.407 e. The van der Waals surface area contributed by atoms with Gasteiger partial charge in [-0.3, -0.25) is 43.7 Å². The van der Waals surface area contributed by atoms with Gasteiger partial charge in [-0.2, -0.15) is 0 Å². The summed E-state index contributed by atoms with van der Waals surface area (Å²) in [7, 11) is 1.00. The number of thioether (sulfide) groups is 1. The Bertz CT molecular complexity index is 2320. The Morgan fingerprint density at radius 1 is 0.833 bits per heavy atom. The molecule has 2 aliphatic rings. The molecule has 2 aliphatic heterocycles. The molecule has 1 aromatic carbocycles. The average Bonchev–Trinajstić information content (AvgIpc) is 4.02. The lowest BCUT2D eigenvalue weighted by Crippen LogP contribution is -2.62. The van der Waals surface area contributed by atoms with Gasteiger partial charge in [-0.15, -0.1) is 11.8 Å². The van der Waals surface area contributed by atoms with Crippen molar-refractivity contribution in [3.05, 3.63) is 23.8 Å². The summed E-state index contributed by atoms with van der Waals surface area (Å²) < 4.78 is 5.24. The molecule has 2 saturated heterocycles. The van der Waals surface area contributed by atoms with Crippen molar-refractivity contribution in [2.75, 3.05) is 59.2 Å². The number of rotatable bonds is 17. The Morgan fingerprint density at radius 3 is 2.08 bits per heavy atom. The Balaban J connectivity index is 0.00000508. The third-order valence-corrected chi connectivity index (χ3v) is 13.6. The minimum atomic E-state index is -1.47. The predicted molar refractivity (Wildman–Crippen MR) is 289 cm³/mol. The van der Waals surface area contributed by atoms with Gasteiger partial charge >= 0.3 is 6.09 Å². The Kier molecular flexibility index (Phi) is 29.8. The van der Waals surface area contributed by atoms with Gasteiger partial charge in [0.15, 0.2) is 0 Å². The molecule has 27 heteroatoms. The fourth-order valence-electron chi connectivity index (χ4n) is 8.51. The molecule has 2 fully saturated rings. The first-order valence-corrected chi connectivity index (χ1v) is 27.2. The third-order valence-electron chi connectivity index (χ3n) is 12.8. The number of benzene rings is 1. The Morgan fingerprint density at radius 2 is 1.45 bits per heavy atom. The van der Waals surface area contributed by atoms with Crippen molar-refractivity contribution in [1.82, 2.24) is 57.7 Å². The number of aliphatic hydroxyl groups excluding tert-OH is 3. The highest BCUT2D eigenvalue weighted by atomic mass is 32.2. The van der Waals surface area contributed by atoms with Gasteiger partial charge in [-0.05, 0) is 76.3 Å². The highest BCUT2D eigenvalue weighted by Gasteiger charge is 2.40. The van der Waals surface area contributed by atoms with E-state index in [-0.39, 0.29) is 31.7 Å². The number of carbonyl (C=O) groups is 10. The van der Waals surface area contributed by atoms with Crippen LogP contribution in [0.3, 0.4) is 0 Å². The maximum absolute atomic E-state index is 14.7. The van der Waals surface area contributed by atoms with Crippen molar-refractivity contribution in [2.24, 2.45) is 11.8 Å². The molecule has 0 aliphatic carbocycles. The second kappa shape index (κ2) is 34.4. The number of nitrogens with one attached hydrogen (secondary N) is 10. The monoisotopic (exact) mass is 1120 g/mol. The van der Waals surface area contributed by atoms with E-state index < -0.39 is 140 Å². The number of amides is 9. The third kappa shape index (κ3) is 22.1. The first-order valence-electron chi connectivity index (χ1n) is 26.0. The number of unbranched alkanes of at least 4 members (excludes halogenated alkanes) is 3. The standard InChI is InChI=1S/C49H77N11O13S.CH4O.CH2O/c1-8-27(2)41-44(69)54-23-38(65)52-24-39(66)55-34(22-37(64)50-17-11-9-10-12-18-51-48(72)73-49(4,5)6)47(71)60-19-13-14-36(60)58-42(28(3)35(63)26-61)45(70)56-33(43(68)53-25-40(67)59-41)21-31-30-16-15-29(62)20-32(30)57-46(31)74-7;2*1-2/h15-16,20,27-28,33-36,41-42,57-58,61-63H,8-14,17-19,21-26H2,1-7H3,(H,50,64)(H,51,72)(H,52,65)(H,53,68)(H,54,69)(H,55,66)(H,56,70)(H,59,67);2H,1H3;1H2/t27?,28-,33?,34?,35?,36?,41?,42?;;/m0../s1. The second-order valence-corrected chi connectivity index (χ2v) is 20.6. The number of nitrogens with zero attached hydrogens (tertiary/aromatic N) is 1. The minimum absolute atomic E-state index is 0.0142. The number of hydrogen-bond acceptors (Lipinski definition) is 17. The number of alkyl carbamates (subject to hydrolysis) is 1. The number of phenols is 1. The van der Waals surface area contributed by atoms with E-state index in [0.29, 0.717) is 60.1 Å². The highest BCUT2D eigenvalue weighted by molar-refractivity contribution is 7.98. The first kappa shape index (κ1) is 67.6. The van der Waals surface area contributed by atoms with Gasteiger partial charge < -0.3 is 82.4 Å². The van der Waals surface area contributed by atoms with E-state index in [2.05, 4.69) is 52.8 Å². The molecule has 438 valence electrons. The normalized spacial score (nSPS) is 21.4. The lowest BCUT2D eigenvalue weighted by molar-refractivity contribution is -0.140. The summed E-state index contributed by atoms with van der Waals surface area (Å²) in [5.41, 5.74) is 0.522. The summed E-state index contributed by atoms with van der Waals surface area (Å²) in [6.07, 6.45) is 2.04. The van der Waals surface area contributed by atoms with Gasteiger partial charge in [0, 0.05) is 50.5 Å². The van der Waals surface area contributed by atoms with Crippen LogP contribution in [0.4, 0.5) is 4.79 Å². The van der Waals surface area contributed by atoms with Crippen molar-refractivity contribution in [3.63, 3.8) is 0 Å². The van der Waals surface area contributed by atoms with E-state index in [1.165, 1.54) is 35.7 Å². The number of fused-ring (bicyclic) bond motifs is 2. The molecule has 8 atom stereocenters. The largest absolute Gasteiger partial charge is 0.508 e. The van der Waals surface area contributed by atoms with Crippen LogP contribution in [-0.2, 0) is 54.3 Å². The molecule has 4 rings (SSSR count). The summed E-state index contributed by atoms with van der Waals surface area (Å²) in [5.74, 6) is -7.48. The zero-order valence-electron chi connectivity index (χ0n) is 46.0. The van der Waals surface area contributed by atoms with E-state index in [9.17, 15) is 58.5 Å². The van der Waals surface area contributed by atoms with E-state index in [1.807, 2.05) is 6.79 Å². The van der Waals surface area contributed by atoms with Crippen LogP contribution < -0.4 is 47.9 Å². The number of ether oxygens (including phenoxy) is 1. The van der Waals surface area contributed by atoms with Gasteiger partial charge in [-0.25, -0.2) is 4.79 Å². The van der Waals surface area contributed by atoms with Crippen LogP contribution in [-0.4, -0.2) is 192 Å². The number of carbonyl (C=O) groups excluding carboxylic acids is 10. The Labute approximate surface area is 459 Å². The van der Waals surface area contributed by atoms with Crippen molar-refractivity contribution in [3.8, 4) is 5.75 Å². The number of aromatic nitrogens is 1. The zero-order valence-corrected chi connectivity index (χ0v) is 46.8. The van der Waals surface area contributed by atoms with E-state index in [4.69, 9.17) is 14.6 Å². The van der Waals surface area contributed by atoms with Crippen LogP contribution in [0, 0.1) is 11.8 Å². The van der Waals surface area contributed by atoms with E-state index in [0.717, 1.165) is 13.5 Å². The van der Waals surface area contributed by atoms with Crippen LogP contribution in [0.2, 0.25) is 0 Å². The van der Waals surface area contributed by atoms with Crippen molar-refractivity contribution >= 4 is 82.8 Å². The molecular formula is C51H83N11O15S. The SMILES string of the molecule is C=O.CCC(C)C1NC(=O)CNC(=O)C(Cc2c(SC)[nH]c3cc(O)ccc23)NC(=O)C([C@@H](C)C(O)CO)NC2CCCN2C(=O)C(CC(=O)NCCCCCCNC(=O)OC(C)(C)C)NC(=O)CNC(=O)CNC1=O.CO. The number of aromatic hydroxyl groups is 1. The topological polar surface area (TPSA) is 388 Å². The van der Waals surface area contributed by atoms with Crippen LogP contribution in [0.25, 0.3) is 10.9 Å². The maximum Gasteiger partial charge on any atom is 0.407 e. The van der Waals surface area contributed by atoms with Crippen LogP contribution >= 0.6 is 11.8 Å². The molecule has 14 N–H and O–H groups in total. The molecule has 0 saturated carbocycles. The summed E-state index contributed by atoms with van der Waals surface area (Å²) in [4.78, 5) is 135. The molecule has 0 radical (unpaired) electrons. The molecule has 26 nitrogen and oxygen atoms in total. The van der Waals surface area contributed by atoms with Crippen molar-refractivity contribution < 1.29 is 73.1 Å². The van der Waals surface area contributed by atoms with Crippen LogP contribution in [0.5, 0.6) is 5.75 Å². The second-order valence-electron chi connectivity index (χ2n) is 19.7. The molecule has 3 heterocycles. The van der Waals surface area contributed by atoms with Gasteiger partial charge in [0.05, 0.1) is 61.5 Å². The van der Waals surface area contributed by atoms with Gasteiger partial charge in [0.25, 0.3) is 0 Å². The fraction of sp³-hybridized carbons (Fsp3) is 0.647. The summed E-state index contributed by atoms with van der Waals surface area (Å²) in [6, 6.07) is -0.775. The minimum Gasteiger partial charge on any atom is -0.508 e. The molecule has 0 spiro atoms. The number of aliphatic hydroxyl groups is 3. The fourth-order valence-corrected chi connectivity index (χ4v) is 9.16. The predicted octanol–water partition coefficient (Wildman–Crippen LogP) is -1.09. The number of hydrogen-bond donors (Lipinski definition) is 14. The molecule has 7 unspecified atom stereocenters. The molecule has 1 aromatic heterocycles. The van der Waals surface area contributed by atoms with Gasteiger partial charge in [-0.1, -0.05) is 40.0 Å². The summed E-state index contributed by atoms with van der Waals surface area (Å²) in [6.45, 7) is 10.5. The number of phenolic OH excluding ortho intramolecular Hbond substituents is 1. The van der Waals surface area contributed by atoms with E-state index in [1.54, 1.807) is 46.9 Å². The molecular weight excluding hydrogens is 1040 g/mol. The summed E-state index contributed by atoms with van der Waals surface area (Å²) >= 11 is 1.32. The van der Waals surface area contributed by atoms with Crippen molar-refractivity contribution in [2.45, 2.75) is 146 Å². The number of aromatic amines is 1. The maximum atomic E-state index is 14.7. The van der Waals surface area contributed by atoms with Crippen LogP contribution in [0.15, 0.2) is 23.2 Å². The average molecular weight is 1120 g/mol. The molecule has 2 aromatic rings. The molecule has 78 heavy (non-hydrogen) atoms. The first-order chi connectivity index (χ1) is 37.0. The van der Waals surface area contributed by atoms with Gasteiger partial charge in [0.2, 0.25) is 47.3 Å². The number of H-pyrrole nitrogens is 1. The highest BCUT2D eigenvalue weighted by Crippen LogP contribution is 2.32. The van der Waals surface area contributed by atoms with Gasteiger partial charge in [0.1, 0.15) is 36.3 Å². The van der Waals surface area contributed by atoms with E-state index >= 15 is 0 Å². The Hall–Kier alpha value is -6.55. The molecule has 0 bridgehead atoms. The lowest BCUT2D eigenvalue weighted by atomic mass is 9.94.